The molecule has 72 valence electrons. The van der Waals surface area contributed by atoms with E-state index in [-0.39, 0.29) is 4.32 Å². The summed E-state index contributed by atoms with van der Waals surface area (Å²) in [5, 5.41) is 0. The Bertz CT molecular complexity index is 438. The van der Waals surface area contributed by atoms with Gasteiger partial charge in [-0.3, -0.25) is 0 Å². The first-order chi connectivity index (χ1) is 6.64. The second-order valence-corrected chi connectivity index (χ2v) is 6.98. The maximum absolute atomic E-state index is 3.84. The molecule has 2 aliphatic rings. The van der Waals surface area contributed by atoms with Crippen LogP contribution in [-0.2, 0) is 4.32 Å². The van der Waals surface area contributed by atoms with E-state index in [1.165, 1.54) is 15.6 Å². The minimum Gasteiger partial charge on any atom is -0.0858 e. The van der Waals surface area contributed by atoms with Crippen molar-refractivity contribution >= 4 is 47.8 Å². The van der Waals surface area contributed by atoms with Crippen molar-refractivity contribution in [2.45, 2.75) is 15.1 Å². The molecule has 1 aromatic carbocycles. The minimum absolute atomic E-state index is 0.00685. The normalized spacial score (nSPS) is 38.4. The largest absolute Gasteiger partial charge is 0.0858 e. The number of halogens is 3. The second-order valence-electron chi connectivity index (χ2n) is 3.76. The molecule has 0 heterocycles. The zero-order chi connectivity index (χ0) is 9.92. The summed E-state index contributed by atoms with van der Waals surface area (Å²) >= 11 is 11.3. The maximum atomic E-state index is 3.84. The molecule has 14 heavy (non-hydrogen) atoms. The number of benzene rings is 1. The highest BCUT2D eigenvalue weighted by Gasteiger charge is 2.54. The van der Waals surface area contributed by atoms with E-state index in [0.717, 1.165) is 0 Å². The molecular formula is C11H7Br3. The smallest absolute Gasteiger partial charge is 0.0833 e. The first kappa shape index (κ1) is 9.61. The fourth-order valence-electron chi connectivity index (χ4n) is 2.40. The van der Waals surface area contributed by atoms with Crippen LogP contribution in [0.2, 0.25) is 0 Å². The SMILES string of the molecule is BrC1=C[C@@]2(Br)c3ccccc3[C@@H]1[C@H]2Br. The van der Waals surface area contributed by atoms with E-state index in [2.05, 4.69) is 78.1 Å². The Morgan fingerprint density at radius 3 is 2.71 bits per heavy atom. The van der Waals surface area contributed by atoms with Crippen LogP contribution < -0.4 is 0 Å². The Morgan fingerprint density at radius 1 is 1.21 bits per heavy atom. The molecule has 3 atom stereocenters. The van der Waals surface area contributed by atoms with E-state index in [9.17, 15) is 0 Å². The summed E-state index contributed by atoms with van der Waals surface area (Å²) < 4.78 is 1.28. The number of alkyl halides is 2. The van der Waals surface area contributed by atoms with Gasteiger partial charge in [0.05, 0.1) is 4.32 Å². The Hall–Kier alpha value is 0.400. The van der Waals surface area contributed by atoms with Crippen LogP contribution in [0.4, 0.5) is 0 Å². The van der Waals surface area contributed by atoms with Gasteiger partial charge < -0.3 is 0 Å². The summed E-state index contributed by atoms with van der Waals surface area (Å²) in [6.07, 6.45) is 2.26. The van der Waals surface area contributed by atoms with Crippen molar-refractivity contribution in [3.8, 4) is 0 Å². The van der Waals surface area contributed by atoms with Gasteiger partial charge in [0.1, 0.15) is 0 Å². The van der Waals surface area contributed by atoms with Crippen molar-refractivity contribution in [1.82, 2.24) is 0 Å². The van der Waals surface area contributed by atoms with Crippen LogP contribution in [0.15, 0.2) is 34.8 Å². The molecule has 0 fully saturated rings. The van der Waals surface area contributed by atoms with Gasteiger partial charge >= 0.3 is 0 Å². The van der Waals surface area contributed by atoms with Gasteiger partial charge in [0.2, 0.25) is 0 Å². The summed E-state index contributed by atoms with van der Waals surface area (Å²) in [7, 11) is 0. The van der Waals surface area contributed by atoms with Crippen molar-refractivity contribution in [3.63, 3.8) is 0 Å². The average Bonchev–Trinajstić information content (AvgIpc) is 2.51. The van der Waals surface area contributed by atoms with Crippen LogP contribution in [0.3, 0.4) is 0 Å². The quantitative estimate of drug-likeness (QED) is 0.586. The minimum atomic E-state index is -0.00685. The van der Waals surface area contributed by atoms with E-state index >= 15 is 0 Å². The van der Waals surface area contributed by atoms with Crippen molar-refractivity contribution < 1.29 is 0 Å². The fourth-order valence-corrected chi connectivity index (χ4v) is 5.76. The van der Waals surface area contributed by atoms with E-state index in [1.807, 2.05) is 0 Å². The van der Waals surface area contributed by atoms with Crippen LogP contribution in [0.1, 0.15) is 17.0 Å². The van der Waals surface area contributed by atoms with Crippen LogP contribution >= 0.6 is 47.8 Å². The number of fused-ring (bicyclic) bond motifs is 5. The molecule has 1 aromatic rings. The molecule has 2 bridgehead atoms. The lowest BCUT2D eigenvalue weighted by molar-refractivity contribution is 0.801. The lowest BCUT2D eigenvalue weighted by atomic mass is 9.97. The monoisotopic (exact) mass is 376 g/mol. The van der Waals surface area contributed by atoms with Crippen molar-refractivity contribution in [3.05, 3.63) is 46.0 Å². The van der Waals surface area contributed by atoms with Crippen LogP contribution in [0.5, 0.6) is 0 Å². The third-order valence-corrected chi connectivity index (χ3v) is 6.78. The molecule has 3 rings (SSSR count). The Morgan fingerprint density at radius 2 is 1.93 bits per heavy atom. The second kappa shape index (κ2) is 2.96. The Kier molecular flexibility index (Phi) is 2.03. The molecule has 0 N–H and O–H groups in total. The maximum Gasteiger partial charge on any atom is 0.0833 e. The summed E-state index contributed by atoms with van der Waals surface area (Å²) in [6.45, 7) is 0. The van der Waals surface area contributed by atoms with Crippen molar-refractivity contribution in [2.75, 3.05) is 0 Å². The van der Waals surface area contributed by atoms with Gasteiger partial charge in [0.15, 0.2) is 0 Å². The molecule has 0 saturated carbocycles. The molecule has 0 radical (unpaired) electrons. The molecule has 2 aliphatic carbocycles. The standard InChI is InChI=1S/C11H7Br3/c12-8-5-11(14)7-4-2-1-3-6(7)9(8)10(11)13/h1-5,9-10H/t9-,10+,11+/m0/s1. The number of allylic oxidation sites excluding steroid dienone is 2. The van der Waals surface area contributed by atoms with Crippen LogP contribution in [0, 0.1) is 0 Å². The number of hydrogen-bond acceptors (Lipinski definition) is 0. The topological polar surface area (TPSA) is 0 Å². The lowest BCUT2D eigenvalue weighted by Gasteiger charge is -2.20. The average molecular weight is 379 g/mol. The molecule has 0 nitrogen and oxygen atoms in total. The molecular weight excluding hydrogens is 372 g/mol. The lowest BCUT2D eigenvalue weighted by Crippen LogP contribution is -2.18. The zero-order valence-corrected chi connectivity index (χ0v) is 11.9. The molecule has 3 heteroatoms. The molecule has 0 amide bonds. The number of hydrogen-bond donors (Lipinski definition) is 0. The third kappa shape index (κ3) is 0.987. The van der Waals surface area contributed by atoms with Gasteiger partial charge in [-0.1, -0.05) is 78.1 Å². The molecule has 0 saturated heterocycles. The Labute approximate surface area is 108 Å². The van der Waals surface area contributed by atoms with E-state index < -0.39 is 0 Å². The van der Waals surface area contributed by atoms with Gasteiger partial charge in [-0.15, -0.1) is 0 Å². The first-order valence-corrected chi connectivity index (χ1v) is 6.95. The third-order valence-electron chi connectivity index (χ3n) is 3.05. The van der Waals surface area contributed by atoms with Gasteiger partial charge in [0.25, 0.3) is 0 Å². The fraction of sp³-hybridized carbons (Fsp3) is 0.273. The van der Waals surface area contributed by atoms with Crippen molar-refractivity contribution in [2.24, 2.45) is 0 Å². The number of rotatable bonds is 0. The van der Waals surface area contributed by atoms with E-state index in [4.69, 9.17) is 0 Å². The Balaban J connectivity index is 2.31. The van der Waals surface area contributed by atoms with E-state index in [0.29, 0.717) is 10.7 Å². The predicted octanol–water partition coefficient (Wildman–Crippen LogP) is 4.43. The molecule has 0 unspecified atom stereocenters. The highest BCUT2D eigenvalue weighted by atomic mass is 79.9. The first-order valence-electron chi connectivity index (χ1n) is 4.45. The van der Waals surface area contributed by atoms with Gasteiger partial charge in [-0.05, 0) is 11.1 Å². The molecule has 0 spiro atoms. The molecule has 0 aromatic heterocycles. The zero-order valence-electron chi connectivity index (χ0n) is 7.18. The van der Waals surface area contributed by atoms with E-state index in [1.54, 1.807) is 0 Å². The van der Waals surface area contributed by atoms with Crippen LogP contribution in [-0.4, -0.2) is 4.83 Å². The molecule has 0 aliphatic heterocycles. The van der Waals surface area contributed by atoms with Gasteiger partial charge in [0, 0.05) is 15.2 Å². The van der Waals surface area contributed by atoms with Gasteiger partial charge in [-0.2, -0.15) is 0 Å². The van der Waals surface area contributed by atoms with Crippen LogP contribution in [0.25, 0.3) is 0 Å². The highest BCUT2D eigenvalue weighted by Crippen LogP contribution is 2.63. The summed E-state index contributed by atoms with van der Waals surface area (Å²) in [5.74, 6) is 0.477. The van der Waals surface area contributed by atoms with Crippen molar-refractivity contribution in [1.29, 1.82) is 0 Å². The summed E-state index contributed by atoms with van der Waals surface area (Å²) in [5.41, 5.74) is 2.83. The predicted molar refractivity (Wildman–Crippen MR) is 69.5 cm³/mol. The summed E-state index contributed by atoms with van der Waals surface area (Å²) in [6, 6.07) is 8.62. The summed E-state index contributed by atoms with van der Waals surface area (Å²) in [4.78, 5) is 0.432. The van der Waals surface area contributed by atoms with Gasteiger partial charge in [-0.25, -0.2) is 0 Å². The highest BCUT2D eigenvalue weighted by molar-refractivity contribution is 9.13.